The van der Waals surface area contributed by atoms with Crippen molar-refractivity contribution < 1.29 is 24.7 Å². The Kier molecular flexibility index (Phi) is 5.02. The molecule has 0 unspecified atom stereocenters. The third-order valence-electron chi connectivity index (χ3n) is 2.28. The predicted molar refractivity (Wildman–Crippen MR) is 61.0 cm³/mol. The average molecular weight is 276 g/mol. The molecule has 0 aromatic heterocycles. The molecule has 0 aliphatic heterocycles. The molecule has 1 aromatic carbocycles. The Hall–Kier alpha value is -1.70. The van der Waals surface area contributed by atoms with Crippen molar-refractivity contribution in [3.05, 3.63) is 38.9 Å². The zero-order chi connectivity index (χ0) is 13.7. The van der Waals surface area contributed by atoms with Crippen LogP contribution in [0, 0.1) is 10.1 Å². The van der Waals surface area contributed by atoms with E-state index in [1.54, 1.807) is 0 Å². The van der Waals surface area contributed by atoms with Gasteiger partial charge in [0.05, 0.1) is 23.7 Å². The van der Waals surface area contributed by atoms with Gasteiger partial charge >= 0.3 is 5.43 Å². The summed E-state index contributed by atoms with van der Waals surface area (Å²) >= 11 is 4.97. The van der Waals surface area contributed by atoms with E-state index in [-0.39, 0.29) is 23.4 Å². The second-order valence-corrected chi connectivity index (χ2v) is 3.66. The fourth-order valence-corrected chi connectivity index (χ4v) is 1.50. The summed E-state index contributed by atoms with van der Waals surface area (Å²) in [6.45, 7) is -1.21. The van der Waals surface area contributed by atoms with Crippen molar-refractivity contribution >= 4 is 22.7 Å². The number of hydrogen-bond donors (Lipinski definition) is 2. The fourth-order valence-electron chi connectivity index (χ4n) is 1.44. The first kappa shape index (κ1) is 14.4. The number of halogens is 1. The topological polar surface area (TPSA) is 110 Å². The van der Waals surface area contributed by atoms with Crippen molar-refractivity contribution in [1.29, 1.82) is 0 Å². The quantitative estimate of drug-likeness (QED) is 0.478. The Balaban J connectivity index is 3.20. The minimum Gasteiger partial charge on any atom is -0.449 e. The van der Waals surface area contributed by atoms with Crippen molar-refractivity contribution in [3.8, 4) is 0 Å². The van der Waals surface area contributed by atoms with E-state index in [0.29, 0.717) is 5.56 Å². The Morgan fingerprint density at radius 3 is 2.28 bits per heavy atom. The molecule has 18 heavy (non-hydrogen) atoms. The van der Waals surface area contributed by atoms with Gasteiger partial charge in [-0.3, -0.25) is 10.1 Å². The molecule has 98 valence electrons. The highest BCUT2D eigenvalue weighted by Gasteiger charge is 2.18. The van der Waals surface area contributed by atoms with Crippen molar-refractivity contribution in [2.75, 3.05) is 0 Å². The lowest BCUT2D eigenvalue weighted by atomic mass is 10.0. The average Bonchev–Trinajstić information content (AvgIpc) is 2.34. The Morgan fingerprint density at radius 2 is 1.83 bits per heavy atom. The Bertz CT molecular complexity index is 476. The number of carbonyl (C=O) groups excluding carboxylic acids is 1. The number of ether oxygens (including phenoxy) is 1. The number of aliphatic hydroxyl groups is 2. The maximum absolute atomic E-state index is 10.8. The number of nitro benzene ring substituents is 1. The number of benzene rings is 1. The molecule has 2 N–H and O–H groups in total. The lowest BCUT2D eigenvalue weighted by Gasteiger charge is -2.09. The van der Waals surface area contributed by atoms with Crippen LogP contribution in [0.15, 0.2) is 12.1 Å². The fraction of sp³-hybridized carbons (Fsp3) is 0.300. The van der Waals surface area contributed by atoms with Crippen LogP contribution in [0.5, 0.6) is 0 Å². The monoisotopic (exact) mass is 275 g/mol. The lowest BCUT2D eigenvalue weighted by molar-refractivity contribution is -0.385. The van der Waals surface area contributed by atoms with E-state index in [1.165, 1.54) is 6.07 Å². The minimum atomic E-state index is -1.08. The summed E-state index contributed by atoms with van der Waals surface area (Å²) < 4.78 is 4.47. The van der Waals surface area contributed by atoms with Gasteiger partial charge in [-0.1, -0.05) is 0 Å². The number of rotatable bonds is 5. The molecule has 0 aliphatic carbocycles. The Labute approximate surface area is 107 Å². The maximum atomic E-state index is 10.8. The molecule has 0 heterocycles. The van der Waals surface area contributed by atoms with E-state index in [1.807, 2.05) is 0 Å². The van der Waals surface area contributed by atoms with Crippen LogP contribution in [-0.2, 0) is 24.6 Å². The molecule has 0 saturated heterocycles. The number of nitro groups is 1. The van der Waals surface area contributed by atoms with Crippen molar-refractivity contribution in [1.82, 2.24) is 0 Å². The number of hydrogen-bond acceptors (Lipinski definition) is 6. The third-order valence-corrected chi connectivity index (χ3v) is 2.39. The summed E-state index contributed by atoms with van der Waals surface area (Å²) in [7, 11) is 0. The molecule has 7 nitrogen and oxygen atoms in total. The van der Waals surface area contributed by atoms with Crippen LogP contribution in [0.2, 0.25) is 0 Å². The molecule has 0 spiro atoms. The largest absolute Gasteiger partial charge is 0.449 e. The second-order valence-electron chi connectivity index (χ2n) is 3.35. The van der Waals surface area contributed by atoms with Gasteiger partial charge in [0, 0.05) is 17.7 Å². The number of carbonyl (C=O) groups is 1. The lowest BCUT2D eigenvalue weighted by Crippen LogP contribution is -2.04. The van der Waals surface area contributed by atoms with Crippen LogP contribution < -0.4 is 0 Å². The highest BCUT2D eigenvalue weighted by Crippen LogP contribution is 2.25. The van der Waals surface area contributed by atoms with Crippen LogP contribution in [0.1, 0.15) is 16.7 Å². The van der Waals surface area contributed by atoms with E-state index in [0.717, 1.165) is 6.07 Å². The van der Waals surface area contributed by atoms with Crippen molar-refractivity contribution in [2.24, 2.45) is 0 Å². The van der Waals surface area contributed by atoms with Crippen molar-refractivity contribution in [3.63, 3.8) is 0 Å². The van der Waals surface area contributed by atoms with Gasteiger partial charge < -0.3 is 14.9 Å². The minimum absolute atomic E-state index is 0.0928. The molecule has 1 aromatic rings. The van der Waals surface area contributed by atoms with Crippen LogP contribution in [0.4, 0.5) is 10.5 Å². The van der Waals surface area contributed by atoms with Gasteiger partial charge in [0.25, 0.3) is 5.69 Å². The summed E-state index contributed by atoms with van der Waals surface area (Å²) in [5, 5.41) is 28.9. The summed E-state index contributed by atoms with van der Waals surface area (Å²) in [5.74, 6) is 0. The molecule has 1 rings (SSSR count). The van der Waals surface area contributed by atoms with E-state index < -0.39 is 23.6 Å². The molecular formula is C10H10ClNO6. The highest BCUT2D eigenvalue weighted by atomic mass is 35.5. The van der Waals surface area contributed by atoms with Gasteiger partial charge in [-0.2, -0.15) is 0 Å². The zero-order valence-corrected chi connectivity index (χ0v) is 9.88. The number of aliphatic hydroxyl groups excluding tert-OH is 2. The zero-order valence-electron chi connectivity index (χ0n) is 9.13. The maximum Gasteiger partial charge on any atom is 0.404 e. The van der Waals surface area contributed by atoms with Crippen LogP contribution in [0.25, 0.3) is 0 Å². The molecule has 0 bridgehead atoms. The van der Waals surface area contributed by atoms with Gasteiger partial charge in [0.15, 0.2) is 0 Å². The van der Waals surface area contributed by atoms with Gasteiger partial charge in [0.2, 0.25) is 0 Å². The summed E-state index contributed by atoms with van der Waals surface area (Å²) in [4.78, 5) is 20.6. The SMILES string of the molecule is O=C(Cl)OCc1cc(CO)c(CO)cc1[N+](=O)[O-]. The molecule has 0 fully saturated rings. The molecule has 0 radical (unpaired) electrons. The standard InChI is InChI=1S/C10H10ClNO6/c11-10(15)18-5-8-1-6(3-13)7(4-14)2-9(8)12(16)17/h1-2,13-14H,3-5H2. The molecule has 0 saturated carbocycles. The second kappa shape index (κ2) is 6.29. The highest BCUT2D eigenvalue weighted by molar-refractivity contribution is 6.61. The molecule has 0 atom stereocenters. The first-order valence-corrected chi connectivity index (χ1v) is 5.20. The molecule has 0 amide bonds. The molecule has 8 heteroatoms. The third kappa shape index (κ3) is 3.39. The molecule has 0 aliphatic rings. The van der Waals surface area contributed by atoms with Gasteiger partial charge in [-0.05, 0) is 17.2 Å². The number of nitrogens with zero attached hydrogens (tertiary/aromatic N) is 1. The smallest absolute Gasteiger partial charge is 0.404 e. The van der Waals surface area contributed by atoms with Crippen LogP contribution in [-0.4, -0.2) is 20.6 Å². The first-order valence-electron chi connectivity index (χ1n) is 4.82. The molecular weight excluding hydrogens is 266 g/mol. The Morgan fingerprint density at radius 1 is 1.28 bits per heavy atom. The van der Waals surface area contributed by atoms with Crippen molar-refractivity contribution in [2.45, 2.75) is 19.8 Å². The van der Waals surface area contributed by atoms with Gasteiger partial charge in [0.1, 0.15) is 6.61 Å². The van der Waals surface area contributed by atoms with Gasteiger partial charge in [-0.25, -0.2) is 4.79 Å². The normalized spacial score (nSPS) is 10.2. The predicted octanol–water partition coefficient (Wildman–Crippen LogP) is 1.45. The van der Waals surface area contributed by atoms with E-state index in [4.69, 9.17) is 21.8 Å². The van der Waals surface area contributed by atoms with E-state index >= 15 is 0 Å². The summed E-state index contributed by atoms with van der Waals surface area (Å²) in [6.07, 6.45) is 0. The van der Waals surface area contributed by atoms with E-state index in [2.05, 4.69) is 4.74 Å². The summed E-state index contributed by atoms with van der Waals surface area (Å²) in [5.41, 5.74) is -0.737. The van der Waals surface area contributed by atoms with Crippen LogP contribution in [0.3, 0.4) is 0 Å². The first-order chi connectivity index (χ1) is 8.49. The summed E-state index contributed by atoms with van der Waals surface area (Å²) in [6, 6.07) is 2.42. The van der Waals surface area contributed by atoms with Crippen LogP contribution >= 0.6 is 11.6 Å². The van der Waals surface area contributed by atoms with Gasteiger partial charge in [-0.15, -0.1) is 0 Å². The van der Waals surface area contributed by atoms with E-state index in [9.17, 15) is 14.9 Å².